The Labute approximate surface area is 366 Å². The zero-order chi connectivity index (χ0) is 34.6. The first-order chi connectivity index (χ1) is 23.5. The van der Waals surface area contributed by atoms with E-state index in [1.165, 1.54) is 0 Å². The first-order valence-corrected chi connectivity index (χ1v) is 15.6. The van der Waals surface area contributed by atoms with Crippen molar-refractivity contribution in [2.75, 3.05) is 34.4 Å². The number of Topliss-reactive ketones (excluding diaryl/α,β-unsaturated/α-hetero) is 2. The first-order valence-electron chi connectivity index (χ1n) is 15.6. The molecule has 2 saturated heterocycles. The fourth-order valence-electron chi connectivity index (χ4n) is 6.23. The van der Waals surface area contributed by atoms with Gasteiger partial charge in [-0.1, -0.05) is 47.5 Å². The van der Waals surface area contributed by atoms with Crippen LogP contribution in [0.5, 0.6) is 0 Å². The van der Waals surface area contributed by atoms with E-state index < -0.39 is 11.1 Å². The summed E-state index contributed by atoms with van der Waals surface area (Å²) in [7, 11) is 2.25. The van der Waals surface area contributed by atoms with E-state index in [0.717, 1.165) is 91.3 Å². The van der Waals surface area contributed by atoms with Gasteiger partial charge in [0.1, 0.15) is 11.6 Å². The predicted molar refractivity (Wildman–Crippen MR) is 181 cm³/mol. The fraction of sp³-hybridized carbons (Fsp3) is 0.297. The Morgan fingerprint density at radius 1 is 0.642 bits per heavy atom. The van der Waals surface area contributed by atoms with Gasteiger partial charge in [-0.2, -0.15) is 21.3 Å². The second-order valence-electron chi connectivity index (χ2n) is 11.4. The van der Waals surface area contributed by atoms with Gasteiger partial charge in [0.05, 0.1) is 23.7 Å². The van der Waals surface area contributed by atoms with Crippen molar-refractivity contribution in [3.8, 4) is 0 Å². The number of halogens is 3. The predicted octanol–water partition coefficient (Wildman–Crippen LogP) is -7.18. The second-order valence-corrected chi connectivity index (χ2v) is 11.4. The summed E-state index contributed by atoms with van der Waals surface area (Å²) in [6.45, 7) is 1.78. The maximum absolute atomic E-state index is 12.9. The number of hydrogen-bond donors (Lipinski definition) is 4. The monoisotopic (exact) mass is 934 g/mol. The number of rotatable bonds is 8. The molecule has 0 unspecified atom stereocenters. The first kappa shape index (κ1) is 53.0. The molecule has 11 nitrogen and oxygen atoms in total. The van der Waals surface area contributed by atoms with Gasteiger partial charge in [-0.3, -0.25) is 0 Å². The number of aromatic nitrogens is 4. The van der Waals surface area contributed by atoms with Gasteiger partial charge in [-0.05, 0) is 25.9 Å². The van der Waals surface area contributed by atoms with Crippen molar-refractivity contribution in [3.05, 3.63) is 120 Å². The van der Waals surface area contributed by atoms with Gasteiger partial charge in [0.25, 0.3) is 0 Å². The van der Waals surface area contributed by atoms with Crippen LogP contribution in [0.4, 0.5) is 0 Å². The molecule has 4 N–H and O–H groups in total. The fourth-order valence-corrected chi connectivity index (χ4v) is 6.23. The third-order valence-electron chi connectivity index (χ3n) is 8.75. The number of aromatic amines is 2. The number of hydrogen-bond acceptors (Lipinski definition) is 9. The average Bonchev–Trinajstić information content (AvgIpc) is 3.94. The standard InChI is InChI=1S/2C17H16N3O.3CH3O.3ClH.2Zr/c2*21-16(14-7-12-3-1-2-4-13(12)8-14)17(5-6-20-17)9-15-10-18-11-19-15;3*1-2;;;;;/h2*1-4,7-8,10-11,20H,5-6,9H2,(H,18,19);3*1H3;3*1H;;/q5*-1;;;;2*+4/p-3/t2*17-;;;;;;;;/m00......../s1. The van der Waals surface area contributed by atoms with E-state index in [0.29, 0.717) is 12.8 Å². The Kier molecular flexibility index (Phi) is 25.8. The third kappa shape index (κ3) is 12.4. The average molecular weight is 939 g/mol. The van der Waals surface area contributed by atoms with Crippen LogP contribution in [0.3, 0.4) is 0 Å². The number of H-pyrrole nitrogens is 2. The zero-order valence-electron chi connectivity index (χ0n) is 29.5. The normalized spacial score (nSPS) is 17.2. The quantitative estimate of drug-likeness (QED) is 0.0852. The molecule has 2 atom stereocenters. The Morgan fingerprint density at radius 2 is 0.981 bits per heavy atom. The second kappa shape index (κ2) is 25.8. The molecule has 0 spiro atoms. The van der Waals surface area contributed by atoms with Crippen LogP contribution in [0.2, 0.25) is 0 Å². The number of carbonyl (C=O) groups excluding carboxylic acids is 2. The number of nitrogens with zero attached hydrogens (tertiary/aromatic N) is 2. The molecule has 4 heterocycles. The van der Waals surface area contributed by atoms with Crippen molar-refractivity contribution >= 4 is 33.1 Å². The van der Waals surface area contributed by atoms with Crippen molar-refractivity contribution in [2.45, 2.75) is 36.8 Å². The summed E-state index contributed by atoms with van der Waals surface area (Å²) < 4.78 is 0. The van der Waals surface area contributed by atoms with Crippen LogP contribution in [0.15, 0.2) is 97.8 Å². The van der Waals surface area contributed by atoms with E-state index in [2.05, 4.69) is 30.6 Å². The molecule has 0 saturated carbocycles. The molecule has 2 aliphatic heterocycles. The van der Waals surface area contributed by atoms with E-state index in [4.69, 9.17) is 15.3 Å². The Morgan fingerprint density at radius 3 is 1.25 bits per heavy atom. The molecular weight excluding hydrogens is 897 g/mol. The molecule has 0 amide bonds. The molecule has 0 bridgehead atoms. The number of carbonyl (C=O) groups is 2. The number of imidazole rings is 2. The number of benzene rings is 2. The van der Waals surface area contributed by atoms with Gasteiger partial charge in [0.2, 0.25) is 0 Å². The van der Waals surface area contributed by atoms with Gasteiger partial charge >= 0.3 is 52.4 Å². The molecule has 4 aromatic carbocycles. The molecule has 53 heavy (non-hydrogen) atoms. The third-order valence-corrected chi connectivity index (χ3v) is 8.75. The number of ketones is 2. The molecule has 278 valence electrons. The van der Waals surface area contributed by atoms with Gasteiger partial charge in [-0.15, -0.1) is 57.9 Å². The molecule has 6 aromatic rings. The molecular formula is C37H41Cl3N6O5Zr2. The van der Waals surface area contributed by atoms with Gasteiger partial charge in [0.15, 0.2) is 0 Å². The van der Waals surface area contributed by atoms with Crippen LogP contribution in [0.25, 0.3) is 21.5 Å². The summed E-state index contributed by atoms with van der Waals surface area (Å²) in [5.74, 6) is 0.360. The molecule has 16 heteroatoms. The topological polar surface area (TPSA) is 185 Å². The summed E-state index contributed by atoms with van der Waals surface area (Å²) in [6.07, 6.45) is 9.94. The van der Waals surface area contributed by atoms with Crippen LogP contribution < -0.4 is 63.2 Å². The van der Waals surface area contributed by atoms with Crippen molar-refractivity contribution in [2.24, 2.45) is 0 Å². The van der Waals surface area contributed by atoms with Crippen LogP contribution in [-0.2, 0) is 65.2 Å². The van der Waals surface area contributed by atoms with Crippen molar-refractivity contribution in [3.63, 3.8) is 0 Å². The molecule has 2 fully saturated rings. The summed E-state index contributed by atoms with van der Waals surface area (Å²) in [6, 6.07) is 24.1. The molecule has 2 aliphatic rings. The van der Waals surface area contributed by atoms with Gasteiger partial charge < -0.3 is 82.7 Å². The Balaban J connectivity index is 0. The summed E-state index contributed by atoms with van der Waals surface area (Å²) in [4.78, 5) is 40.2. The van der Waals surface area contributed by atoms with Crippen LogP contribution >= 0.6 is 0 Å². The van der Waals surface area contributed by atoms with Gasteiger partial charge in [-0.25, -0.2) is 9.97 Å². The zero-order valence-corrected chi connectivity index (χ0v) is 36.7. The smallest absolute Gasteiger partial charge is 1.00 e. The van der Waals surface area contributed by atoms with Crippen LogP contribution in [-0.4, -0.2) is 77.0 Å². The summed E-state index contributed by atoms with van der Waals surface area (Å²) in [5, 5.41) is 35.9. The minimum absolute atomic E-state index is 0. The van der Waals surface area contributed by atoms with E-state index in [1.54, 1.807) is 25.0 Å². The van der Waals surface area contributed by atoms with Crippen LogP contribution in [0.1, 0.15) is 44.9 Å². The van der Waals surface area contributed by atoms with Crippen LogP contribution in [0, 0.1) is 0 Å². The molecule has 0 aliphatic carbocycles. The van der Waals surface area contributed by atoms with E-state index in [9.17, 15) is 9.59 Å². The minimum Gasteiger partial charge on any atom is -1.00 e. The number of nitrogens with one attached hydrogen (secondary N) is 4. The maximum Gasteiger partial charge on any atom is 4.00 e. The van der Waals surface area contributed by atoms with Crippen molar-refractivity contribution in [1.29, 1.82) is 0 Å². The van der Waals surface area contributed by atoms with Gasteiger partial charge in [0, 0.05) is 36.6 Å². The molecule has 8 rings (SSSR count). The SMILES string of the molecule is C[O-].C[O-].C[O-].O=C(c1cc2ccccc2[cH-]1)[C@@]1(Cc2cnc[nH]2)CCN1.O=C(c1cc2ccccc2[cH-]1)[C@@]1(Cc2cnc[nH]2)CCN1.[Cl-].[Cl-].[Cl-].[Zr+4].[Zr+4]. The van der Waals surface area contributed by atoms with Crippen molar-refractivity contribution < 1.29 is 115 Å². The van der Waals surface area contributed by atoms with E-state index in [-0.39, 0.29) is 101 Å². The Hall–Kier alpha value is -2.14. The minimum atomic E-state index is -0.475. The summed E-state index contributed by atoms with van der Waals surface area (Å²) in [5.41, 5.74) is 2.62. The maximum atomic E-state index is 12.9. The molecule has 0 radical (unpaired) electrons. The Bertz CT molecular complexity index is 1670. The number of fused-ring (bicyclic) bond motifs is 2. The molecule has 2 aromatic heterocycles. The van der Waals surface area contributed by atoms with E-state index in [1.807, 2.05) is 72.8 Å². The summed E-state index contributed by atoms with van der Waals surface area (Å²) >= 11 is 0. The largest absolute Gasteiger partial charge is 4.00 e. The van der Waals surface area contributed by atoms with E-state index >= 15 is 0 Å². The van der Waals surface area contributed by atoms with Crippen molar-refractivity contribution in [1.82, 2.24) is 30.6 Å².